The summed E-state index contributed by atoms with van der Waals surface area (Å²) in [7, 11) is 0. The molecule has 0 atom stereocenters. The van der Waals surface area contributed by atoms with Crippen molar-refractivity contribution in [2.45, 2.75) is 0 Å². The van der Waals surface area contributed by atoms with E-state index in [1.165, 1.54) is 10.8 Å². The van der Waals surface area contributed by atoms with Gasteiger partial charge in [-0.1, -0.05) is 121 Å². The first kappa shape index (κ1) is 30.7. The molecule has 0 unspecified atom stereocenters. The quantitative estimate of drug-likeness (QED) is 0.163. The molecule has 5 nitrogen and oxygen atoms in total. The molecule has 0 aliphatic heterocycles. The molecule has 0 radical (unpaired) electrons. The third kappa shape index (κ3) is 4.33. The Bertz CT molecular complexity index is 3420. The van der Waals surface area contributed by atoms with Crippen molar-refractivity contribution in [1.29, 1.82) is 0 Å². The number of hydrogen-bond donors (Lipinski definition) is 0. The minimum atomic E-state index is 0.571. The Morgan fingerprint density at radius 1 is 0.345 bits per heavy atom. The molecule has 5 heteroatoms. The molecule has 55 heavy (non-hydrogen) atoms. The Labute approximate surface area is 316 Å². The van der Waals surface area contributed by atoms with Gasteiger partial charge in [0.15, 0.2) is 11.4 Å². The number of aromatic nitrogens is 3. The highest BCUT2D eigenvalue weighted by molar-refractivity contribution is 6.16. The fraction of sp³-hybridized carbons (Fsp3) is 0. The van der Waals surface area contributed by atoms with Gasteiger partial charge in [0.2, 0.25) is 0 Å². The van der Waals surface area contributed by atoms with Crippen molar-refractivity contribution >= 4 is 76.8 Å². The van der Waals surface area contributed by atoms with Crippen LogP contribution in [0.2, 0.25) is 0 Å². The average Bonchev–Trinajstić information content (AvgIpc) is 3.89. The van der Waals surface area contributed by atoms with Crippen molar-refractivity contribution in [2.75, 3.05) is 0 Å². The molecule has 3 heterocycles. The van der Waals surface area contributed by atoms with E-state index in [4.69, 9.17) is 13.1 Å². The molecule has 0 saturated heterocycles. The highest BCUT2D eigenvalue weighted by Gasteiger charge is 2.24. The maximum absolute atomic E-state index is 8.55. The molecule has 8 aromatic carbocycles. The van der Waals surface area contributed by atoms with E-state index in [2.05, 4.69) is 163 Å². The van der Waals surface area contributed by atoms with Gasteiger partial charge < -0.3 is 13.7 Å². The number of rotatable bonds is 4. The molecule has 0 aliphatic rings. The van der Waals surface area contributed by atoms with Crippen molar-refractivity contribution in [2.24, 2.45) is 0 Å². The van der Waals surface area contributed by atoms with Crippen LogP contribution in [0.4, 0.5) is 11.4 Å². The first-order valence-corrected chi connectivity index (χ1v) is 18.3. The van der Waals surface area contributed by atoms with Gasteiger partial charge in [0, 0.05) is 38.2 Å². The minimum Gasteiger partial charge on any atom is -0.309 e. The normalized spacial score (nSPS) is 11.6. The molecule has 11 aromatic rings. The largest absolute Gasteiger partial charge is 0.309 e. The van der Waals surface area contributed by atoms with Crippen LogP contribution in [-0.4, -0.2) is 13.7 Å². The molecule has 0 bridgehead atoms. The van der Waals surface area contributed by atoms with Crippen molar-refractivity contribution in [3.05, 3.63) is 199 Å². The summed E-state index contributed by atoms with van der Waals surface area (Å²) in [6.07, 6.45) is 0. The topological polar surface area (TPSA) is 23.5 Å². The summed E-state index contributed by atoms with van der Waals surface area (Å²) in [4.78, 5) is 7.94. The number of benzene rings is 8. The van der Waals surface area contributed by atoms with Crippen LogP contribution in [0.3, 0.4) is 0 Å². The molecule has 0 spiro atoms. The lowest BCUT2D eigenvalue weighted by Gasteiger charge is -2.21. The smallest absolute Gasteiger partial charge is 0.197 e. The third-order valence-corrected chi connectivity index (χ3v) is 11.1. The minimum absolute atomic E-state index is 0.571. The van der Waals surface area contributed by atoms with Crippen LogP contribution in [0.5, 0.6) is 0 Å². The molecular formula is C50H29N5. The number of para-hydroxylation sites is 6. The van der Waals surface area contributed by atoms with E-state index in [9.17, 15) is 0 Å². The zero-order valence-corrected chi connectivity index (χ0v) is 29.5. The second kappa shape index (κ2) is 11.8. The van der Waals surface area contributed by atoms with E-state index in [0.717, 1.165) is 82.8 Å². The van der Waals surface area contributed by atoms with E-state index >= 15 is 0 Å². The highest BCUT2D eigenvalue weighted by atomic mass is 15.1. The molecule has 0 aliphatic carbocycles. The predicted molar refractivity (Wildman–Crippen MR) is 227 cm³/mol. The van der Waals surface area contributed by atoms with Crippen LogP contribution in [0.15, 0.2) is 176 Å². The molecular weight excluding hydrogens is 671 g/mol. The van der Waals surface area contributed by atoms with Gasteiger partial charge in [-0.2, -0.15) is 0 Å². The Balaban J connectivity index is 1.28. The molecule has 3 aromatic heterocycles. The Hall–Kier alpha value is -7.86. The van der Waals surface area contributed by atoms with Gasteiger partial charge >= 0.3 is 0 Å². The second-order valence-electron chi connectivity index (χ2n) is 13.9. The zero-order chi connectivity index (χ0) is 36.6. The highest BCUT2D eigenvalue weighted by Crippen LogP contribution is 2.46. The maximum atomic E-state index is 8.55. The van der Waals surface area contributed by atoms with Crippen molar-refractivity contribution in [3.63, 3.8) is 0 Å². The summed E-state index contributed by atoms with van der Waals surface area (Å²) in [5.74, 6) is 0. The Kier molecular flexibility index (Phi) is 6.61. The van der Waals surface area contributed by atoms with E-state index < -0.39 is 0 Å². The van der Waals surface area contributed by atoms with Crippen LogP contribution < -0.4 is 0 Å². The van der Waals surface area contributed by atoms with Crippen LogP contribution in [0.25, 0.3) is 103 Å². The monoisotopic (exact) mass is 699 g/mol. The lowest BCUT2D eigenvalue weighted by atomic mass is 9.98. The fourth-order valence-electron chi connectivity index (χ4n) is 8.87. The van der Waals surface area contributed by atoms with E-state index in [1.807, 2.05) is 36.4 Å². The molecule has 11 rings (SSSR count). The summed E-state index contributed by atoms with van der Waals surface area (Å²) < 4.78 is 7.05. The summed E-state index contributed by atoms with van der Waals surface area (Å²) in [6, 6.07) is 61.2. The average molecular weight is 700 g/mol. The second-order valence-corrected chi connectivity index (χ2v) is 13.9. The Morgan fingerprint density at radius 3 is 1.47 bits per heavy atom. The van der Waals surface area contributed by atoms with Crippen LogP contribution in [-0.2, 0) is 0 Å². The fourth-order valence-corrected chi connectivity index (χ4v) is 8.87. The van der Waals surface area contributed by atoms with E-state index in [-0.39, 0.29) is 0 Å². The molecule has 0 amide bonds. The molecule has 0 N–H and O–H groups in total. The SMILES string of the molecule is [C-]#[N+]c1ccc2c(c1)c1ccccc1n2-c1ccccc1-c1c([N+]#[C-])cccc1-n1c2ccccc2c2cccc(-n3c4ccccc4c4ccccc43)c21. The van der Waals surface area contributed by atoms with Gasteiger partial charge in [0.25, 0.3) is 0 Å². The van der Waals surface area contributed by atoms with Gasteiger partial charge in [-0.25, -0.2) is 9.69 Å². The van der Waals surface area contributed by atoms with Gasteiger partial charge in [-0.05, 0) is 65.5 Å². The number of nitrogens with zero attached hydrogens (tertiary/aromatic N) is 5. The lowest BCUT2D eigenvalue weighted by Crippen LogP contribution is -2.03. The van der Waals surface area contributed by atoms with Gasteiger partial charge in [0.1, 0.15) is 0 Å². The number of hydrogen-bond acceptors (Lipinski definition) is 0. The first-order valence-electron chi connectivity index (χ1n) is 18.3. The summed E-state index contributed by atoms with van der Waals surface area (Å²) >= 11 is 0. The summed E-state index contributed by atoms with van der Waals surface area (Å²) in [5, 5.41) is 6.80. The van der Waals surface area contributed by atoms with Crippen LogP contribution >= 0.6 is 0 Å². The molecule has 0 fully saturated rings. The predicted octanol–water partition coefficient (Wildman–Crippen LogP) is 13.7. The van der Waals surface area contributed by atoms with E-state index in [1.54, 1.807) is 0 Å². The lowest BCUT2D eigenvalue weighted by molar-refractivity contribution is 1.13. The van der Waals surface area contributed by atoms with Gasteiger partial charge in [0.05, 0.1) is 57.6 Å². The molecule has 0 saturated carbocycles. The Morgan fingerprint density at radius 2 is 0.818 bits per heavy atom. The standard InChI is InChI=1S/C50H29N5/c1-51-32-29-30-46-39(31-32)36-18-6-10-24-43(36)53(46)45-26-12-7-19-38(45)49-40(52-2)21-14-27-47(49)55-44-25-11-5-17-35(44)37-20-13-28-48(50(37)55)54-41-22-8-3-15-33(41)34-16-4-9-23-42(34)54/h3-31H. The third-order valence-electron chi connectivity index (χ3n) is 11.1. The van der Waals surface area contributed by atoms with Gasteiger partial charge in [-0.15, -0.1) is 0 Å². The first-order chi connectivity index (χ1) is 27.2. The summed E-state index contributed by atoms with van der Waals surface area (Å²) in [6.45, 7) is 16.3. The summed E-state index contributed by atoms with van der Waals surface area (Å²) in [5.41, 5.74) is 12.4. The van der Waals surface area contributed by atoms with Crippen LogP contribution in [0, 0.1) is 13.1 Å². The van der Waals surface area contributed by atoms with Crippen molar-refractivity contribution in [3.8, 4) is 28.2 Å². The van der Waals surface area contributed by atoms with Crippen LogP contribution in [0.1, 0.15) is 0 Å². The zero-order valence-electron chi connectivity index (χ0n) is 29.5. The van der Waals surface area contributed by atoms with Gasteiger partial charge in [-0.3, -0.25) is 0 Å². The van der Waals surface area contributed by atoms with Crippen molar-refractivity contribution < 1.29 is 0 Å². The van der Waals surface area contributed by atoms with E-state index in [0.29, 0.717) is 11.4 Å². The van der Waals surface area contributed by atoms with Crippen molar-refractivity contribution in [1.82, 2.24) is 13.7 Å². The number of fused-ring (bicyclic) bond motifs is 9. The molecule has 254 valence electrons. The maximum Gasteiger partial charge on any atom is 0.197 e.